The summed E-state index contributed by atoms with van der Waals surface area (Å²) in [7, 11) is 1.59. The van der Waals surface area contributed by atoms with Crippen LogP contribution in [0.25, 0.3) is 28.0 Å². The van der Waals surface area contributed by atoms with E-state index >= 15 is 0 Å². The van der Waals surface area contributed by atoms with Crippen LogP contribution in [0.3, 0.4) is 0 Å². The molecule has 0 saturated carbocycles. The summed E-state index contributed by atoms with van der Waals surface area (Å²) >= 11 is 0. The molecule has 3 heteroatoms. The number of methoxy groups -OCH3 is 1. The molecule has 1 aliphatic heterocycles. The van der Waals surface area contributed by atoms with E-state index < -0.39 is 0 Å². The highest BCUT2D eigenvalue weighted by Gasteiger charge is 2.28. The average molecular weight is 360 g/mol. The number of hydrogen-bond acceptors (Lipinski definition) is 2. The molecule has 3 aromatic carbocycles. The van der Waals surface area contributed by atoms with E-state index in [9.17, 15) is 5.11 Å². The number of aromatic hydroxyl groups is 1. The molecule has 0 bridgehead atoms. The van der Waals surface area contributed by atoms with Gasteiger partial charge in [-0.05, 0) is 58.1 Å². The lowest BCUT2D eigenvalue weighted by Crippen LogP contribution is -2.83. The highest BCUT2D eigenvalue weighted by atomic mass is 16.5. The molecule has 138 valence electrons. The first-order valence-corrected chi connectivity index (χ1v) is 9.51. The van der Waals surface area contributed by atoms with Crippen LogP contribution >= 0.6 is 0 Å². The van der Waals surface area contributed by atoms with Gasteiger partial charge in [0.05, 0.1) is 12.7 Å². The Kier molecular flexibility index (Phi) is 4.40. The Bertz CT molecular complexity index is 1050. The molecule has 0 fully saturated rings. The number of phenolic OH excluding ortho intramolecular Hbond substituents is 1. The topological polar surface area (TPSA) is 46.1 Å². The SMILES string of the molecule is C=Cc1cc2c3c(ccc2cc1C)-c1ccc(OC)c(O)c1C[NH2+]C3CC. The van der Waals surface area contributed by atoms with Gasteiger partial charge in [-0.25, -0.2) is 0 Å². The molecule has 0 spiro atoms. The Balaban J connectivity index is 2.08. The molecule has 1 unspecified atom stereocenters. The number of quaternary nitrogens is 1. The van der Waals surface area contributed by atoms with Crippen molar-refractivity contribution in [3.05, 3.63) is 65.2 Å². The molecule has 3 aromatic rings. The van der Waals surface area contributed by atoms with E-state index in [-0.39, 0.29) is 5.75 Å². The molecule has 3 N–H and O–H groups in total. The normalized spacial score (nSPS) is 15.7. The summed E-state index contributed by atoms with van der Waals surface area (Å²) in [5.74, 6) is 0.786. The van der Waals surface area contributed by atoms with Gasteiger partial charge >= 0.3 is 0 Å². The lowest BCUT2D eigenvalue weighted by molar-refractivity contribution is -0.710. The fourth-order valence-electron chi connectivity index (χ4n) is 4.37. The zero-order valence-electron chi connectivity index (χ0n) is 16.2. The minimum atomic E-state index is 0.254. The van der Waals surface area contributed by atoms with Crippen LogP contribution in [-0.4, -0.2) is 12.2 Å². The van der Waals surface area contributed by atoms with Crippen LogP contribution < -0.4 is 10.1 Å². The standard InChI is InChI=1S/C24H25NO2/c1-5-15-12-19-16(11-14(15)3)7-8-18-17-9-10-22(27-4)24(26)20(17)13-25-21(6-2)23(18)19/h5,7-12,21,25-26H,1,6,13H2,2-4H3/p+1. The summed E-state index contributed by atoms with van der Waals surface area (Å²) in [5, 5.41) is 15.6. The summed E-state index contributed by atoms with van der Waals surface area (Å²) in [6, 6.07) is 13.2. The highest BCUT2D eigenvalue weighted by molar-refractivity contribution is 5.95. The number of fused-ring (bicyclic) bond motifs is 5. The number of phenols is 1. The number of benzene rings is 3. The van der Waals surface area contributed by atoms with E-state index in [0.717, 1.165) is 24.1 Å². The number of ether oxygens (including phenoxy) is 1. The maximum atomic E-state index is 10.7. The van der Waals surface area contributed by atoms with E-state index in [1.165, 1.54) is 33.0 Å². The van der Waals surface area contributed by atoms with Gasteiger partial charge in [-0.2, -0.15) is 0 Å². The molecule has 0 saturated heterocycles. The van der Waals surface area contributed by atoms with Gasteiger partial charge in [-0.15, -0.1) is 0 Å². The van der Waals surface area contributed by atoms with E-state index in [1.807, 2.05) is 12.1 Å². The first-order chi connectivity index (χ1) is 13.1. The molecule has 0 amide bonds. The fraction of sp³-hybridized carbons (Fsp3) is 0.250. The van der Waals surface area contributed by atoms with Gasteiger partial charge in [-0.1, -0.05) is 37.8 Å². The summed E-state index contributed by atoms with van der Waals surface area (Å²) in [6.07, 6.45) is 2.95. The van der Waals surface area contributed by atoms with E-state index in [2.05, 4.69) is 56.1 Å². The highest BCUT2D eigenvalue weighted by Crippen LogP contribution is 2.43. The monoisotopic (exact) mass is 360 g/mol. The van der Waals surface area contributed by atoms with Crippen molar-refractivity contribution in [3.8, 4) is 22.6 Å². The lowest BCUT2D eigenvalue weighted by Gasteiger charge is -2.18. The second kappa shape index (κ2) is 6.75. The largest absolute Gasteiger partial charge is 0.504 e. The maximum absolute atomic E-state index is 10.7. The predicted octanol–water partition coefficient (Wildman–Crippen LogP) is 4.70. The van der Waals surface area contributed by atoms with Crippen molar-refractivity contribution < 1.29 is 15.2 Å². The van der Waals surface area contributed by atoms with Crippen molar-refractivity contribution in [1.29, 1.82) is 0 Å². The van der Waals surface area contributed by atoms with Crippen LogP contribution in [-0.2, 0) is 6.54 Å². The number of rotatable bonds is 3. The molecule has 0 aliphatic carbocycles. The van der Waals surface area contributed by atoms with Gasteiger partial charge in [0.1, 0.15) is 12.6 Å². The molecular formula is C24H26NO2+. The zero-order valence-corrected chi connectivity index (χ0v) is 16.2. The summed E-state index contributed by atoms with van der Waals surface area (Å²) < 4.78 is 5.33. The summed E-state index contributed by atoms with van der Waals surface area (Å²) in [4.78, 5) is 0. The minimum Gasteiger partial charge on any atom is -0.504 e. The summed E-state index contributed by atoms with van der Waals surface area (Å²) in [5.41, 5.74) is 7.01. The third-order valence-corrected chi connectivity index (χ3v) is 5.84. The molecule has 0 aromatic heterocycles. The smallest absolute Gasteiger partial charge is 0.167 e. The number of aryl methyl sites for hydroxylation is 1. The molecule has 1 aliphatic rings. The van der Waals surface area contributed by atoms with Crippen molar-refractivity contribution in [2.75, 3.05) is 7.11 Å². The minimum absolute atomic E-state index is 0.254. The van der Waals surface area contributed by atoms with Crippen LogP contribution in [0.4, 0.5) is 0 Å². The zero-order chi connectivity index (χ0) is 19.1. The van der Waals surface area contributed by atoms with Crippen molar-refractivity contribution >= 4 is 16.8 Å². The first-order valence-electron chi connectivity index (χ1n) is 9.51. The van der Waals surface area contributed by atoms with Gasteiger partial charge in [0.2, 0.25) is 0 Å². The number of nitrogens with two attached hydrogens (primary N) is 1. The van der Waals surface area contributed by atoms with Crippen molar-refractivity contribution in [1.82, 2.24) is 0 Å². The summed E-state index contributed by atoms with van der Waals surface area (Å²) in [6.45, 7) is 9.06. The molecule has 27 heavy (non-hydrogen) atoms. The first kappa shape index (κ1) is 17.6. The fourth-order valence-corrected chi connectivity index (χ4v) is 4.37. The van der Waals surface area contributed by atoms with Gasteiger partial charge in [-0.3, -0.25) is 0 Å². The Hall–Kier alpha value is -2.78. The van der Waals surface area contributed by atoms with Crippen LogP contribution in [0, 0.1) is 6.92 Å². The predicted molar refractivity (Wildman–Crippen MR) is 111 cm³/mol. The maximum Gasteiger partial charge on any atom is 0.167 e. The van der Waals surface area contributed by atoms with Crippen molar-refractivity contribution in [2.24, 2.45) is 0 Å². The molecule has 0 radical (unpaired) electrons. The third-order valence-electron chi connectivity index (χ3n) is 5.84. The molecular weight excluding hydrogens is 334 g/mol. The number of hydrogen-bond donors (Lipinski definition) is 2. The molecule has 1 heterocycles. The van der Waals surface area contributed by atoms with Gasteiger partial charge in [0, 0.05) is 12.0 Å². The molecule has 3 nitrogen and oxygen atoms in total. The van der Waals surface area contributed by atoms with Crippen molar-refractivity contribution in [3.63, 3.8) is 0 Å². The average Bonchev–Trinajstić information content (AvgIpc) is 2.85. The van der Waals surface area contributed by atoms with Crippen molar-refractivity contribution in [2.45, 2.75) is 32.9 Å². The van der Waals surface area contributed by atoms with E-state index in [1.54, 1.807) is 7.11 Å². The Morgan fingerprint density at radius 2 is 2.00 bits per heavy atom. The Morgan fingerprint density at radius 3 is 2.70 bits per heavy atom. The second-order valence-corrected chi connectivity index (χ2v) is 7.26. The van der Waals surface area contributed by atoms with Crippen LogP contribution in [0.15, 0.2) is 43.0 Å². The Labute approximate surface area is 160 Å². The quantitative estimate of drug-likeness (QED) is 0.711. The van der Waals surface area contributed by atoms with Crippen LogP contribution in [0.5, 0.6) is 11.5 Å². The van der Waals surface area contributed by atoms with Crippen LogP contribution in [0.2, 0.25) is 0 Å². The third kappa shape index (κ3) is 2.70. The molecule has 4 rings (SSSR count). The van der Waals surface area contributed by atoms with Crippen LogP contribution in [0.1, 0.15) is 41.6 Å². The Morgan fingerprint density at radius 1 is 1.22 bits per heavy atom. The second-order valence-electron chi connectivity index (χ2n) is 7.26. The lowest BCUT2D eigenvalue weighted by atomic mass is 9.87. The van der Waals surface area contributed by atoms with E-state index in [0.29, 0.717) is 11.8 Å². The molecule has 1 atom stereocenters. The van der Waals surface area contributed by atoms with Gasteiger partial charge < -0.3 is 15.2 Å². The van der Waals surface area contributed by atoms with E-state index in [4.69, 9.17) is 4.74 Å². The van der Waals surface area contributed by atoms with Gasteiger partial charge in [0.25, 0.3) is 0 Å². The van der Waals surface area contributed by atoms with Gasteiger partial charge in [0.15, 0.2) is 11.5 Å².